The highest BCUT2D eigenvalue weighted by molar-refractivity contribution is 4.53. The maximum absolute atomic E-state index is 12.2. The molecule has 1 atom stereocenters. The summed E-state index contributed by atoms with van der Waals surface area (Å²) < 4.78 is 12.2. The molecule has 2 heteroatoms. The maximum Gasteiger partial charge on any atom is 0.0312 e. The Morgan fingerprint density at radius 3 is 2.50 bits per heavy atom. The summed E-state index contributed by atoms with van der Waals surface area (Å²) in [7, 11) is 1.47. The predicted molar refractivity (Wildman–Crippen MR) is 42.4 cm³/mol. The van der Waals surface area contributed by atoms with Crippen LogP contribution in [0.4, 0.5) is 4.48 Å². The van der Waals surface area contributed by atoms with E-state index in [-0.39, 0.29) is 0 Å². The fourth-order valence-electron chi connectivity index (χ4n) is 1.07. The molecule has 0 rings (SSSR count). The average Bonchev–Trinajstić information content (AvgIpc) is 1.82. The van der Waals surface area contributed by atoms with E-state index in [1.807, 2.05) is 0 Å². The molecule has 0 heterocycles. The van der Waals surface area contributed by atoms with Crippen molar-refractivity contribution in [3.8, 4) is 0 Å². The Labute approximate surface area is 63.2 Å². The number of halogens is 1. The number of unbranched alkanes of at least 4 members (excludes halogenated alkanes) is 1. The van der Waals surface area contributed by atoms with Gasteiger partial charge in [0, 0.05) is 13.6 Å². The molecule has 0 spiro atoms. The molecule has 0 saturated carbocycles. The van der Waals surface area contributed by atoms with Gasteiger partial charge in [-0.3, -0.25) is 0 Å². The smallest absolute Gasteiger partial charge is 0.0312 e. The van der Waals surface area contributed by atoms with Gasteiger partial charge in [0.05, 0.1) is 0 Å². The van der Waals surface area contributed by atoms with Crippen LogP contribution in [0, 0.1) is 5.92 Å². The molecule has 0 fully saturated rings. The summed E-state index contributed by atoms with van der Waals surface area (Å²) in [6, 6.07) is 0. The molecule has 0 aromatic carbocycles. The SMILES string of the molecule is CCCCC(C)CN(C)F. The van der Waals surface area contributed by atoms with Crippen molar-refractivity contribution in [1.82, 2.24) is 5.12 Å². The first-order valence-electron chi connectivity index (χ1n) is 4.03. The second-order valence-electron chi connectivity index (χ2n) is 3.03. The van der Waals surface area contributed by atoms with Gasteiger partial charge in [-0.15, -0.1) is 9.60 Å². The molecule has 0 bridgehead atoms. The van der Waals surface area contributed by atoms with Crippen molar-refractivity contribution < 1.29 is 4.48 Å². The highest BCUT2D eigenvalue weighted by Crippen LogP contribution is 2.08. The minimum absolute atomic E-state index is 0.495. The second-order valence-corrected chi connectivity index (χ2v) is 3.03. The van der Waals surface area contributed by atoms with Crippen molar-refractivity contribution in [3.63, 3.8) is 0 Å². The van der Waals surface area contributed by atoms with Gasteiger partial charge < -0.3 is 0 Å². The van der Waals surface area contributed by atoms with Crippen LogP contribution < -0.4 is 0 Å². The van der Waals surface area contributed by atoms with E-state index in [2.05, 4.69) is 13.8 Å². The highest BCUT2D eigenvalue weighted by Gasteiger charge is 2.03. The third-order valence-electron chi connectivity index (χ3n) is 1.61. The zero-order valence-corrected chi connectivity index (χ0v) is 7.23. The largest absolute Gasteiger partial charge is 0.149 e. The summed E-state index contributed by atoms with van der Waals surface area (Å²) in [6.07, 6.45) is 3.57. The van der Waals surface area contributed by atoms with Crippen molar-refractivity contribution >= 4 is 0 Å². The highest BCUT2D eigenvalue weighted by atomic mass is 19.2. The van der Waals surface area contributed by atoms with Crippen molar-refractivity contribution in [1.29, 1.82) is 0 Å². The Hall–Kier alpha value is -0.110. The Bertz CT molecular complexity index is 73.7. The summed E-state index contributed by atoms with van der Waals surface area (Å²) in [5.41, 5.74) is 0. The first-order valence-corrected chi connectivity index (χ1v) is 4.03. The van der Waals surface area contributed by atoms with Crippen LogP contribution in [-0.2, 0) is 0 Å². The Morgan fingerprint density at radius 1 is 1.50 bits per heavy atom. The molecule has 0 aromatic rings. The Morgan fingerprint density at radius 2 is 2.10 bits per heavy atom. The van der Waals surface area contributed by atoms with Gasteiger partial charge in [0.25, 0.3) is 0 Å². The standard InChI is InChI=1S/C8H18FN/c1-4-5-6-8(2)7-10(3)9/h8H,4-7H2,1-3H3. The zero-order valence-electron chi connectivity index (χ0n) is 7.23. The van der Waals surface area contributed by atoms with Crippen molar-refractivity contribution in [2.24, 2.45) is 5.92 Å². The lowest BCUT2D eigenvalue weighted by Crippen LogP contribution is -2.15. The fourth-order valence-corrected chi connectivity index (χ4v) is 1.07. The lowest BCUT2D eigenvalue weighted by Gasteiger charge is -2.12. The van der Waals surface area contributed by atoms with Crippen molar-refractivity contribution in [2.75, 3.05) is 13.6 Å². The molecule has 1 unspecified atom stereocenters. The van der Waals surface area contributed by atoms with E-state index in [0.29, 0.717) is 12.5 Å². The van der Waals surface area contributed by atoms with Crippen LogP contribution in [0.25, 0.3) is 0 Å². The van der Waals surface area contributed by atoms with Gasteiger partial charge in [-0.25, -0.2) is 0 Å². The summed E-state index contributed by atoms with van der Waals surface area (Å²) in [5, 5.41) is 0.764. The number of nitrogens with zero attached hydrogens (tertiary/aromatic N) is 1. The average molecular weight is 147 g/mol. The minimum atomic E-state index is 0.495. The van der Waals surface area contributed by atoms with Crippen LogP contribution in [-0.4, -0.2) is 18.7 Å². The molecule has 62 valence electrons. The third kappa shape index (κ3) is 6.02. The monoisotopic (exact) mass is 147 g/mol. The second kappa shape index (κ2) is 5.66. The molecule has 0 saturated heterocycles. The van der Waals surface area contributed by atoms with Crippen molar-refractivity contribution in [2.45, 2.75) is 33.1 Å². The zero-order chi connectivity index (χ0) is 7.98. The number of hydrogen-bond acceptors (Lipinski definition) is 1. The van der Waals surface area contributed by atoms with Gasteiger partial charge in [-0.2, -0.15) is 0 Å². The fraction of sp³-hybridized carbons (Fsp3) is 1.00. The third-order valence-corrected chi connectivity index (χ3v) is 1.61. The Kier molecular flexibility index (Phi) is 5.60. The molecule has 0 aromatic heterocycles. The summed E-state index contributed by atoms with van der Waals surface area (Å²) in [5.74, 6) is 0.495. The van der Waals surface area contributed by atoms with Gasteiger partial charge in [0.15, 0.2) is 0 Å². The summed E-state index contributed by atoms with van der Waals surface area (Å²) >= 11 is 0. The molecule has 10 heavy (non-hydrogen) atoms. The van der Waals surface area contributed by atoms with Crippen LogP contribution in [0.2, 0.25) is 0 Å². The van der Waals surface area contributed by atoms with Crippen LogP contribution in [0.3, 0.4) is 0 Å². The van der Waals surface area contributed by atoms with E-state index in [1.165, 1.54) is 19.9 Å². The van der Waals surface area contributed by atoms with E-state index in [0.717, 1.165) is 11.5 Å². The first-order chi connectivity index (χ1) is 4.66. The first kappa shape index (κ1) is 9.89. The van der Waals surface area contributed by atoms with Crippen molar-refractivity contribution in [3.05, 3.63) is 0 Å². The van der Waals surface area contributed by atoms with Gasteiger partial charge in [-0.05, 0) is 12.3 Å². The molecule has 0 radical (unpaired) electrons. The molecule has 0 aliphatic rings. The van der Waals surface area contributed by atoms with Gasteiger partial charge >= 0.3 is 0 Å². The van der Waals surface area contributed by atoms with Gasteiger partial charge in [-0.1, -0.05) is 26.7 Å². The van der Waals surface area contributed by atoms with Crippen LogP contribution in [0.15, 0.2) is 0 Å². The molecule has 0 N–H and O–H groups in total. The number of hydrogen-bond donors (Lipinski definition) is 0. The normalized spacial score (nSPS) is 14.1. The predicted octanol–water partition coefficient (Wildman–Crippen LogP) is 2.63. The lowest BCUT2D eigenvalue weighted by molar-refractivity contribution is 0.0421. The maximum atomic E-state index is 12.2. The summed E-state index contributed by atoms with van der Waals surface area (Å²) in [4.78, 5) is 0. The quantitative estimate of drug-likeness (QED) is 0.540. The summed E-state index contributed by atoms with van der Waals surface area (Å²) in [6.45, 7) is 4.82. The molecular formula is C8H18FN. The van der Waals surface area contributed by atoms with E-state index < -0.39 is 0 Å². The molecule has 0 amide bonds. The number of rotatable bonds is 5. The van der Waals surface area contributed by atoms with E-state index in [9.17, 15) is 4.48 Å². The van der Waals surface area contributed by atoms with Crippen LogP contribution in [0.1, 0.15) is 33.1 Å². The van der Waals surface area contributed by atoms with E-state index in [1.54, 1.807) is 0 Å². The molecule has 0 aliphatic heterocycles. The molecular weight excluding hydrogens is 129 g/mol. The van der Waals surface area contributed by atoms with Gasteiger partial charge in [0.1, 0.15) is 0 Å². The van der Waals surface area contributed by atoms with E-state index >= 15 is 0 Å². The van der Waals surface area contributed by atoms with E-state index in [4.69, 9.17) is 0 Å². The molecule has 0 aliphatic carbocycles. The van der Waals surface area contributed by atoms with Gasteiger partial charge in [0.2, 0.25) is 0 Å². The van der Waals surface area contributed by atoms with Crippen LogP contribution in [0.5, 0.6) is 0 Å². The van der Waals surface area contributed by atoms with Crippen LogP contribution >= 0.6 is 0 Å². The minimum Gasteiger partial charge on any atom is -0.149 e. The lowest BCUT2D eigenvalue weighted by atomic mass is 10.1. The Balaban J connectivity index is 3.16. The topological polar surface area (TPSA) is 3.24 Å². The molecule has 1 nitrogen and oxygen atoms in total.